The summed E-state index contributed by atoms with van der Waals surface area (Å²) in [5.74, 6) is 0.763. The molecule has 0 amide bonds. The smallest absolute Gasteiger partial charge is 0.207 e. The van der Waals surface area contributed by atoms with Crippen LogP contribution in [-0.4, -0.2) is 0 Å². The summed E-state index contributed by atoms with van der Waals surface area (Å²) in [5.41, 5.74) is 1.84. The predicted molar refractivity (Wildman–Crippen MR) is 60.8 cm³/mol. The maximum Gasteiger partial charge on any atom is 0.360 e. The van der Waals surface area contributed by atoms with Crippen LogP contribution in [0.25, 0.3) is 23.1 Å². The Morgan fingerprint density at radius 1 is 1.07 bits per heavy atom. The van der Waals surface area contributed by atoms with Crippen LogP contribution in [0.15, 0.2) is 47.9 Å². The van der Waals surface area contributed by atoms with Crippen LogP contribution in [0, 0.1) is 0 Å². The van der Waals surface area contributed by atoms with Gasteiger partial charge in [-0.25, -0.2) is 4.42 Å². The van der Waals surface area contributed by atoms with Crippen molar-refractivity contribution in [1.29, 1.82) is 0 Å². The van der Waals surface area contributed by atoms with Gasteiger partial charge in [-0.2, -0.15) is 0 Å². The van der Waals surface area contributed by atoms with E-state index < -0.39 is 0 Å². The second-order valence-electron chi connectivity index (χ2n) is 3.01. The SMILES string of the molecule is C=Cc1cc2ccccc2[o+]c1C=C. The summed E-state index contributed by atoms with van der Waals surface area (Å²) in [5, 5.41) is 1.08. The molecule has 0 fully saturated rings. The minimum Gasteiger partial charge on any atom is -0.207 e. The Morgan fingerprint density at radius 2 is 1.86 bits per heavy atom. The van der Waals surface area contributed by atoms with Gasteiger partial charge < -0.3 is 0 Å². The van der Waals surface area contributed by atoms with Crippen molar-refractivity contribution in [3.8, 4) is 0 Å². The molecule has 0 atom stereocenters. The Hall–Kier alpha value is -1.89. The zero-order valence-corrected chi connectivity index (χ0v) is 7.86. The maximum absolute atomic E-state index is 5.64. The van der Waals surface area contributed by atoms with Crippen LogP contribution in [-0.2, 0) is 0 Å². The first kappa shape index (κ1) is 8.70. The number of hydrogen-bond acceptors (Lipinski definition) is 0. The van der Waals surface area contributed by atoms with E-state index in [1.54, 1.807) is 12.2 Å². The van der Waals surface area contributed by atoms with E-state index in [1.165, 1.54) is 0 Å². The summed E-state index contributed by atoms with van der Waals surface area (Å²) < 4.78 is 5.64. The molecule has 0 bridgehead atoms. The second-order valence-corrected chi connectivity index (χ2v) is 3.01. The van der Waals surface area contributed by atoms with Gasteiger partial charge in [0.25, 0.3) is 0 Å². The number of rotatable bonds is 2. The van der Waals surface area contributed by atoms with Gasteiger partial charge in [0.05, 0.1) is 10.9 Å². The average Bonchev–Trinajstić information content (AvgIpc) is 2.27. The summed E-state index contributed by atoms with van der Waals surface area (Å²) in [6, 6.07) is 9.93. The molecule has 0 aliphatic carbocycles. The lowest BCUT2D eigenvalue weighted by molar-refractivity contribution is 0.591. The van der Waals surface area contributed by atoms with E-state index in [2.05, 4.69) is 13.2 Å². The number of benzene rings is 1. The molecule has 2 aromatic rings. The predicted octanol–water partition coefficient (Wildman–Crippen LogP) is 4.00. The molecular formula is C13H11O+. The van der Waals surface area contributed by atoms with E-state index in [9.17, 15) is 0 Å². The Labute approximate surface area is 83.0 Å². The third kappa shape index (κ3) is 1.33. The monoisotopic (exact) mass is 183 g/mol. The van der Waals surface area contributed by atoms with Crippen molar-refractivity contribution in [2.24, 2.45) is 0 Å². The van der Waals surface area contributed by atoms with Gasteiger partial charge in [0, 0.05) is 12.1 Å². The topological polar surface area (TPSA) is 11.3 Å². The number of fused-ring (bicyclic) bond motifs is 1. The molecule has 0 N–H and O–H groups in total. The molecule has 0 saturated heterocycles. The van der Waals surface area contributed by atoms with Crippen molar-refractivity contribution in [3.05, 3.63) is 54.8 Å². The Bertz CT molecular complexity index is 451. The molecule has 2 rings (SSSR count). The Balaban J connectivity index is 2.81. The summed E-state index contributed by atoms with van der Waals surface area (Å²) in [4.78, 5) is 0. The number of hydrogen-bond donors (Lipinski definition) is 0. The largest absolute Gasteiger partial charge is 0.360 e. The summed E-state index contributed by atoms with van der Waals surface area (Å²) >= 11 is 0. The van der Waals surface area contributed by atoms with Crippen LogP contribution in [0.4, 0.5) is 0 Å². The fourth-order valence-corrected chi connectivity index (χ4v) is 1.43. The van der Waals surface area contributed by atoms with Crippen LogP contribution >= 0.6 is 0 Å². The van der Waals surface area contributed by atoms with Crippen molar-refractivity contribution in [2.45, 2.75) is 0 Å². The molecular weight excluding hydrogens is 172 g/mol. The molecule has 1 heterocycles. The lowest BCUT2D eigenvalue weighted by atomic mass is 10.1. The van der Waals surface area contributed by atoms with Gasteiger partial charge in [0.15, 0.2) is 0 Å². The van der Waals surface area contributed by atoms with Gasteiger partial charge in [0.2, 0.25) is 0 Å². The molecule has 1 aromatic heterocycles. The minimum atomic E-state index is 0.763. The minimum absolute atomic E-state index is 0.763. The van der Waals surface area contributed by atoms with Gasteiger partial charge in [-0.05, 0) is 12.1 Å². The van der Waals surface area contributed by atoms with E-state index in [0.29, 0.717) is 0 Å². The third-order valence-electron chi connectivity index (χ3n) is 2.14. The summed E-state index contributed by atoms with van der Waals surface area (Å²) in [6.07, 6.45) is 3.47. The van der Waals surface area contributed by atoms with Crippen LogP contribution in [0.5, 0.6) is 0 Å². The van der Waals surface area contributed by atoms with Gasteiger partial charge in [0.1, 0.15) is 0 Å². The summed E-state index contributed by atoms with van der Waals surface area (Å²) in [7, 11) is 0. The fraction of sp³-hybridized carbons (Fsp3) is 0. The molecule has 1 heteroatoms. The van der Waals surface area contributed by atoms with Crippen LogP contribution in [0.2, 0.25) is 0 Å². The zero-order valence-electron chi connectivity index (χ0n) is 7.86. The van der Waals surface area contributed by atoms with Crippen molar-refractivity contribution in [2.75, 3.05) is 0 Å². The second kappa shape index (κ2) is 3.46. The molecule has 0 aliphatic rings. The van der Waals surface area contributed by atoms with Gasteiger partial charge in [-0.3, -0.25) is 0 Å². The average molecular weight is 183 g/mol. The van der Waals surface area contributed by atoms with E-state index in [4.69, 9.17) is 4.42 Å². The Kier molecular flexibility index (Phi) is 2.15. The molecule has 0 radical (unpaired) electrons. The van der Waals surface area contributed by atoms with Crippen molar-refractivity contribution in [3.63, 3.8) is 0 Å². The molecule has 0 saturated carbocycles. The van der Waals surface area contributed by atoms with Gasteiger partial charge in [-0.15, -0.1) is 0 Å². The first-order chi connectivity index (χ1) is 6.85. The maximum atomic E-state index is 5.64. The molecule has 1 aromatic carbocycles. The molecule has 68 valence electrons. The lowest BCUT2D eigenvalue weighted by Gasteiger charge is -1.92. The van der Waals surface area contributed by atoms with Crippen LogP contribution < -0.4 is 0 Å². The highest BCUT2D eigenvalue weighted by atomic mass is 16.3. The molecule has 0 spiro atoms. The van der Waals surface area contributed by atoms with Crippen LogP contribution in [0.3, 0.4) is 0 Å². The normalized spacial score (nSPS) is 10.0. The van der Waals surface area contributed by atoms with E-state index >= 15 is 0 Å². The van der Waals surface area contributed by atoms with Crippen molar-refractivity contribution in [1.82, 2.24) is 0 Å². The van der Waals surface area contributed by atoms with Crippen molar-refractivity contribution < 1.29 is 4.42 Å². The highest BCUT2D eigenvalue weighted by Gasteiger charge is 2.13. The van der Waals surface area contributed by atoms with E-state index in [1.807, 2.05) is 30.3 Å². The van der Waals surface area contributed by atoms with E-state index in [-0.39, 0.29) is 0 Å². The standard InChI is InChI=1S/C13H11O/c1-3-10-9-11-7-5-6-8-13(11)14-12(10)4-2/h3-9H,1-2H2/q+1. The highest BCUT2D eigenvalue weighted by molar-refractivity contribution is 5.80. The third-order valence-corrected chi connectivity index (χ3v) is 2.14. The highest BCUT2D eigenvalue weighted by Crippen LogP contribution is 2.21. The van der Waals surface area contributed by atoms with E-state index in [0.717, 1.165) is 22.3 Å². The molecule has 0 aliphatic heterocycles. The number of para-hydroxylation sites is 1. The quantitative estimate of drug-likeness (QED) is 0.640. The van der Waals surface area contributed by atoms with Crippen LogP contribution in [0.1, 0.15) is 11.3 Å². The van der Waals surface area contributed by atoms with Gasteiger partial charge >= 0.3 is 11.3 Å². The van der Waals surface area contributed by atoms with Crippen molar-refractivity contribution >= 4 is 23.1 Å². The first-order valence-electron chi connectivity index (χ1n) is 4.46. The summed E-state index contributed by atoms with van der Waals surface area (Å²) in [6.45, 7) is 7.44. The lowest BCUT2D eigenvalue weighted by Crippen LogP contribution is -1.81. The molecule has 0 unspecified atom stereocenters. The van der Waals surface area contributed by atoms with Gasteiger partial charge in [-0.1, -0.05) is 31.4 Å². The zero-order chi connectivity index (χ0) is 9.97. The Morgan fingerprint density at radius 3 is 2.57 bits per heavy atom. The molecule has 14 heavy (non-hydrogen) atoms. The fourth-order valence-electron chi connectivity index (χ4n) is 1.43. The first-order valence-corrected chi connectivity index (χ1v) is 4.46. The molecule has 1 nitrogen and oxygen atoms in total.